The Balaban J connectivity index is 1.71. The van der Waals surface area contributed by atoms with Crippen LogP contribution in [0.15, 0.2) is 77.3 Å². The zero-order valence-corrected chi connectivity index (χ0v) is 16.1. The van der Waals surface area contributed by atoms with Gasteiger partial charge >= 0.3 is 0 Å². The van der Waals surface area contributed by atoms with Crippen molar-refractivity contribution in [3.8, 4) is 5.75 Å². The number of halogens is 1. The van der Waals surface area contributed by atoms with Crippen LogP contribution in [0.1, 0.15) is 20.7 Å². The van der Waals surface area contributed by atoms with Crippen molar-refractivity contribution in [2.24, 2.45) is 0 Å². The van der Waals surface area contributed by atoms with Gasteiger partial charge in [-0.3, -0.25) is 9.59 Å². The molecule has 0 spiro atoms. The number of hydrogen-bond donors (Lipinski definition) is 2. The van der Waals surface area contributed by atoms with Crippen LogP contribution in [-0.2, 0) is 0 Å². The average molecular weight is 425 g/mol. The summed E-state index contributed by atoms with van der Waals surface area (Å²) in [5, 5.41) is 5.65. The van der Waals surface area contributed by atoms with E-state index in [9.17, 15) is 9.59 Å². The summed E-state index contributed by atoms with van der Waals surface area (Å²) < 4.78 is 5.86. The van der Waals surface area contributed by atoms with Crippen molar-refractivity contribution < 1.29 is 14.3 Å². The van der Waals surface area contributed by atoms with Gasteiger partial charge in [0.05, 0.1) is 11.6 Å². The minimum Gasteiger partial charge on any atom is -0.496 e. The second-order valence-corrected chi connectivity index (χ2v) is 6.56. The van der Waals surface area contributed by atoms with Crippen LogP contribution < -0.4 is 15.4 Å². The van der Waals surface area contributed by atoms with Crippen LogP contribution in [0.2, 0.25) is 0 Å². The molecule has 0 aliphatic rings. The van der Waals surface area contributed by atoms with E-state index in [4.69, 9.17) is 4.74 Å². The Morgan fingerprint density at radius 3 is 2.00 bits per heavy atom. The summed E-state index contributed by atoms with van der Waals surface area (Å²) in [6.07, 6.45) is 0. The molecule has 0 saturated heterocycles. The minimum absolute atomic E-state index is 0.210. The third-order valence-electron chi connectivity index (χ3n) is 3.83. The minimum atomic E-state index is -0.259. The van der Waals surface area contributed by atoms with E-state index >= 15 is 0 Å². The number of carbonyl (C=O) groups is 2. The van der Waals surface area contributed by atoms with Gasteiger partial charge in [0.2, 0.25) is 0 Å². The van der Waals surface area contributed by atoms with E-state index in [2.05, 4.69) is 26.6 Å². The van der Waals surface area contributed by atoms with Crippen LogP contribution in [0.25, 0.3) is 0 Å². The fourth-order valence-corrected chi connectivity index (χ4v) is 3.02. The maximum atomic E-state index is 12.5. The highest BCUT2D eigenvalue weighted by Crippen LogP contribution is 2.26. The van der Waals surface area contributed by atoms with Crippen molar-refractivity contribution in [3.05, 3.63) is 88.4 Å². The largest absolute Gasteiger partial charge is 0.496 e. The first-order valence-electron chi connectivity index (χ1n) is 8.18. The molecule has 5 nitrogen and oxygen atoms in total. The van der Waals surface area contributed by atoms with Crippen molar-refractivity contribution in [2.45, 2.75) is 0 Å². The van der Waals surface area contributed by atoms with Crippen LogP contribution >= 0.6 is 15.9 Å². The Kier molecular flexibility index (Phi) is 5.88. The lowest BCUT2D eigenvalue weighted by atomic mass is 10.2. The number of hydrogen-bond acceptors (Lipinski definition) is 3. The van der Waals surface area contributed by atoms with Crippen molar-refractivity contribution in [2.75, 3.05) is 17.7 Å². The molecule has 0 fully saturated rings. The number of methoxy groups -OCH3 is 1. The first-order chi connectivity index (χ1) is 13.1. The van der Waals surface area contributed by atoms with E-state index in [1.807, 2.05) is 6.07 Å². The van der Waals surface area contributed by atoms with Crippen LogP contribution in [-0.4, -0.2) is 18.9 Å². The molecule has 136 valence electrons. The summed E-state index contributed by atoms with van der Waals surface area (Å²) in [7, 11) is 1.56. The Morgan fingerprint density at radius 2 is 1.41 bits per heavy atom. The van der Waals surface area contributed by atoms with Gasteiger partial charge in [-0.15, -0.1) is 0 Å². The first-order valence-corrected chi connectivity index (χ1v) is 8.97. The average Bonchev–Trinajstić information content (AvgIpc) is 2.68. The molecule has 0 aromatic heterocycles. The fourth-order valence-electron chi connectivity index (χ4n) is 2.48. The van der Waals surface area contributed by atoms with Crippen LogP contribution in [0.4, 0.5) is 11.4 Å². The van der Waals surface area contributed by atoms with Crippen LogP contribution in [0.3, 0.4) is 0 Å². The number of benzene rings is 3. The molecule has 0 atom stereocenters. The third-order valence-corrected chi connectivity index (χ3v) is 4.45. The third kappa shape index (κ3) is 4.74. The topological polar surface area (TPSA) is 67.4 Å². The summed E-state index contributed by atoms with van der Waals surface area (Å²) in [5.41, 5.74) is 2.23. The maximum absolute atomic E-state index is 12.5. The van der Waals surface area contributed by atoms with Gasteiger partial charge in [0.1, 0.15) is 5.75 Å². The number of nitrogens with one attached hydrogen (secondary N) is 2. The molecule has 0 heterocycles. The number of ether oxygens (including phenoxy) is 1. The molecule has 2 N–H and O–H groups in total. The van der Waals surface area contributed by atoms with Crippen molar-refractivity contribution in [3.63, 3.8) is 0 Å². The van der Waals surface area contributed by atoms with Crippen LogP contribution in [0, 0.1) is 0 Å². The molecular weight excluding hydrogens is 408 g/mol. The highest BCUT2D eigenvalue weighted by Gasteiger charge is 2.10. The van der Waals surface area contributed by atoms with Crippen molar-refractivity contribution >= 4 is 39.1 Å². The predicted octanol–water partition coefficient (Wildman–Crippen LogP) is 4.96. The summed E-state index contributed by atoms with van der Waals surface area (Å²) in [4.78, 5) is 24.7. The predicted molar refractivity (Wildman–Crippen MR) is 109 cm³/mol. The van der Waals surface area contributed by atoms with Gasteiger partial charge in [-0.1, -0.05) is 24.3 Å². The maximum Gasteiger partial charge on any atom is 0.255 e. The summed E-state index contributed by atoms with van der Waals surface area (Å²) in [6.45, 7) is 0. The SMILES string of the molecule is COc1ccc(C(=O)Nc2cccc(NC(=O)c3ccccc3)c2)cc1Br. The number of rotatable bonds is 5. The zero-order chi connectivity index (χ0) is 19.2. The Labute approximate surface area is 165 Å². The van der Waals surface area contributed by atoms with E-state index in [0.29, 0.717) is 32.7 Å². The van der Waals surface area contributed by atoms with Crippen LogP contribution in [0.5, 0.6) is 5.75 Å². The molecule has 27 heavy (non-hydrogen) atoms. The second kappa shape index (κ2) is 8.51. The lowest BCUT2D eigenvalue weighted by Gasteiger charge is -2.10. The lowest BCUT2D eigenvalue weighted by molar-refractivity contribution is 0.101. The lowest BCUT2D eigenvalue weighted by Crippen LogP contribution is -2.14. The molecule has 0 aliphatic carbocycles. The van der Waals surface area contributed by atoms with Gasteiger partial charge in [-0.25, -0.2) is 0 Å². The molecule has 6 heteroatoms. The van der Waals surface area contributed by atoms with Gasteiger partial charge < -0.3 is 15.4 Å². The standard InChI is InChI=1S/C21H17BrN2O3/c1-27-19-11-10-15(12-18(19)22)21(26)24-17-9-5-8-16(13-17)23-20(25)14-6-3-2-4-7-14/h2-13H,1H3,(H,23,25)(H,24,26). The van der Waals surface area contributed by atoms with Gasteiger partial charge in [0.25, 0.3) is 11.8 Å². The Hall–Kier alpha value is -3.12. The van der Waals surface area contributed by atoms with Gasteiger partial charge in [-0.2, -0.15) is 0 Å². The molecule has 3 rings (SSSR count). The van der Waals surface area contributed by atoms with Crippen molar-refractivity contribution in [1.82, 2.24) is 0 Å². The van der Waals surface area contributed by atoms with Gasteiger partial charge in [0.15, 0.2) is 0 Å². The van der Waals surface area contributed by atoms with Crippen molar-refractivity contribution in [1.29, 1.82) is 0 Å². The first kappa shape index (κ1) is 18.7. The number of carbonyl (C=O) groups excluding carboxylic acids is 2. The molecule has 0 aliphatic heterocycles. The number of amides is 2. The monoisotopic (exact) mass is 424 g/mol. The number of anilines is 2. The van der Waals surface area contributed by atoms with Gasteiger partial charge in [-0.05, 0) is 64.5 Å². The van der Waals surface area contributed by atoms with Gasteiger partial charge in [0, 0.05) is 22.5 Å². The van der Waals surface area contributed by atoms with E-state index in [0.717, 1.165) is 0 Å². The highest BCUT2D eigenvalue weighted by atomic mass is 79.9. The normalized spacial score (nSPS) is 10.1. The second-order valence-electron chi connectivity index (χ2n) is 5.70. The Bertz CT molecular complexity index is 974. The van der Waals surface area contributed by atoms with E-state index in [-0.39, 0.29) is 11.8 Å². The van der Waals surface area contributed by atoms with E-state index < -0.39 is 0 Å². The van der Waals surface area contributed by atoms with E-state index in [1.54, 1.807) is 73.8 Å². The quantitative estimate of drug-likeness (QED) is 0.607. The fraction of sp³-hybridized carbons (Fsp3) is 0.0476. The zero-order valence-electron chi connectivity index (χ0n) is 14.5. The summed E-state index contributed by atoms with van der Waals surface area (Å²) in [5.74, 6) is 0.181. The molecule has 0 bridgehead atoms. The molecule has 0 unspecified atom stereocenters. The molecule has 0 saturated carbocycles. The summed E-state index contributed by atoms with van der Waals surface area (Å²) in [6, 6.07) is 21.0. The highest BCUT2D eigenvalue weighted by molar-refractivity contribution is 9.10. The molecular formula is C21H17BrN2O3. The molecule has 2 amide bonds. The molecule has 3 aromatic rings. The molecule has 3 aromatic carbocycles. The molecule has 0 radical (unpaired) electrons. The Morgan fingerprint density at radius 1 is 0.778 bits per heavy atom. The summed E-state index contributed by atoms with van der Waals surface area (Å²) >= 11 is 3.37. The van der Waals surface area contributed by atoms with E-state index in [1.165, 1.54) is 0 Å². The smallest absolute Gasteiger partial charge is 0.255 e.